The number of rotatable bonds is 4. The molecule has 0 unspecified atom stereocenters. The number of carbonyl (C=O) groups is 1. The summed E-state index contributed by atoms with van der Waals surface area (Å²) in [5, 5.41) is 8.75. The number of amides is 1. The normalized spacial score (nSPS) is 10.8. The highest BCUT2D eigenvalue weighted by molar-refractivity contribution is 5.97. The maximum Gasteiger partial charge on any atom is 0.255 e. The summed E-state index contributed by atoms with van der Waals surface area (Å²) in [7, 11) is 1.74. The van der Waals surface area contributed by atoms with Gasteiger partial charge in [-0.15, -0.1) is 0 Å². The van der Waals surface area contributed by atoms with E-state index in [1.807, 2.05) is 20.8 Å². The number of benzene rings is 1. The molecule has 0 radical (unpaired) electrons. The largest absolute Gasteiger partial charge is 0.395 e. The molecule has 1 amide bonds. The van der Waals surface area contributed by atoms with Crippen molar-refractivity contribution >= 4 is 5.91 Å². The first-order chi connectivity index (χ1) is 9.83. The third-order valence-corrected chi connectivity index (χ3v) is 3.75. The van der Waals surface area contributed by atoms with E-state index in [4.69, 9.17) is 5.11 Å². The lowest BCUT2D eigenvalue weighted by Gasteiger charge is -2.35. The van der Waals surface area contributed by atoms with Crippen molar-refractivity contribution in [1.29, 1.82) is 0 Å². The molecule has 0 aliphatic heterocycles. The molecule has 4 heteroatoms. The number of aliphatic hydroxyl groups is 1. The fraction of sp³-hybridized carbons (Fsp3) is 0.471. The van der Waals surface area contributed by atoms with Crippen LogP contribution in [0.4, 0.5) is 4.39 Å². The van der Waals surface area contributed by atoms with Crippen LogP contribution in [0, 0.1) is 17.7 Å². The Labute approximate surface area is 125 Å². The summed E-state index contributed by atoms with van der Waals surface area (Å²) in [6, 6.07) is 3.98. The molecule has 1 aromatic rings. The van der Waals surface area contributed by atoms with Crippen LogP contribution < -0.4 is 0 Å². The maximum absolute atomic E-state index is 13.4. The molecule has 0 saturated heterocycles. The predicted octanol–water partition coefficient (Wildman–Crippen LogP) is 2.82. The number of nitrogens with zero attached hydrogens (tertiary/aromatic N) is 1. The van der Waals surface area contributed by atoms with Gasteiger partial charge in [0.05, 0.1) is 12.2 Å². The Balaban J connectivity index is 3.18. The lowest BCUT2D eigenvalue weighted by atomic mass is 9.97. The van der Waals surface area contributed by atoms with Crippen molar-refractivity contribution in [2.45, 2.75) is 39.2 Å². The Morgan fingerprint density at radius 3 is 2.67 bits per heavy atom. The van der Waals surface area contributed by atoms with Gasteiger partial charge >= 0.3 is 0 Å². The molecule has 21 heavy (non-hydrogen) atoms. The van der Waals surface area contributed by atoms with E-state index >= 15 is 0 Å². The van der Waals surface area contributed by atoms with Gasteiger partial charge in [0.15, 0.2) is 0 Å². The average Bonchev–Trinajstić information content (AvgIpc) is 2.46. The summed E-state index contributed by atoms with van der Waals surface area (Å²) in [6.45, 7) is 5.90. The van der Waals surface area contributed by atoms with Gasteiger partial charge in [-0.1, -0.05) is 18.8 Å². The molecule has 1 rings (SSSR count). The highest BCUT2D eigenvalue weighted by Crippen LogP contribution is 2.21. The fourth-order valence-corrected chi connectivity index (χ4v) is 1.71. The van der Waals surface area contributed by atoms with Gasteiger partial charge in [-0.2, -0.15) is 0 Å². The zero-order valence-corrected chi connectivity index (χ0v) is 13.0. The summed E-state index contributed by atoms with van der Waals surface area (Å²) < 4.78 is 13.4. The predicted molar refractivity (Wildman–Crippen MR) is 81.4 cm³/mol. The van der Waals surface area contributed by atoms with Crippen molar-refractivity contribution < 1.29 is 14.3 Å². The van der Waals surface area contributed by atoms with Crippen LogP contribution >= 0.6 is 0 Å². The summed E-state index contributed by atoms with van der Waals surface area (Å²) in [6.07, 6.45) is 1.10. The van der Waals surface area contributed by atoms with E-state index in [0.717, 1.165) is 6.42 Å². The molecule has 0 spiro atoms. The summed E-state index contributed by atoms with van der Waals surface area (Å²) in [4.78, 5) is 14.3. The molecule has 114 valence electrons. The second kappa shape index (κ2) is 7.24. The third-order valence-electron chi connectivity index (χ3n) is 3.75. The van der Waals surface area contributed by atoms with Crippen LogP contribution in [0.2, 0.25) is 0 Å². The zero-order chi connectivity index (χ0) is 16.0. The Hall–Kier alpha value is -1.86. The first-order valence-corrected chi connectivity index (χ1v) is 7.01. The van der Waals surface area contributed by atoms with Gasteiger partial charge in [-0.25, -0.2) is 4.39 Å². The number of aliphatic hydroxyl groups excluding tert-OH is 1. The van der Waals surface area contributed by atoms with Crippen LogP contribution in [-0.4, -0.2) is 35.1 Å². The molecule has 1 aromatic carbocycles. The van der Waals surface area contributed by atoms with Gasteiger partial charge in [-0.05, 0) is 38.5 Å². The van der Waals surface area contributed by atoms with Gasteiger partial charge in [0.2, 0.25) is 0 Å². The van der Waals surface area contributed by atoms with Crippen molar-refractivity contribution in [3.63, 3.8) is 0 Å². The van der Waals surface area contributed by atoms with Crippen LogP contribution in [0.1, 0.15) is 49.5 Å². The molecule has 0 atom stereocenters. The lowest BCUT2D eigenvalue weighted by Crippen LogP contribution is -2.44. The summed E-state index contributed by atoms with van der Waals surface area (Å²) in [5.74, 6) is 4.87. The van der Waals surface area contributed by atoms with E-state index in [0.29, 0.717) is 17.5 Å². The quantitative estimate of drug-likeness (QED) is 0.867. The van der Waals surface area contributed by atoms with E-state index in [-0.39, 0.29) is 18.1 Å². The summed E-state index contributed by atoms with van der Waals surface area (Å²) >= 11 is 0. The Kier molecular flexibility index (Phi) is 5.92. The smallest absolute Gasteiger partial charge is 0.255 e. The molecule has 0 heterocycles. The van der Waals surface area contributed by atoms with Gasteiger partial charge in [0, 0.05) is 24.6 Å². The van der Waals surface area contributed by atoms with E-state index in [1.165, 1.54) is 18.2 Å². The molecule has 0 aliphatic rings. The molecule has 0 aliphatic carbocycles. The second-order valence-electron chi connectivity index (χ2n) is 5.50. The number of carbonyl (C=O) groups excluding carboxylic acids is 1. The Morgan fingerprint density at radius 1 is 1.43 bits per heavy atom. The van der Waals surface area contributed by atoms with Gasteiger partial charge in [-0.3, -0.25) is 4.79 Å². The maximum atomic E-state index is 13.4. The van der Waals surface area contributed by atoms with E-state index in [2.05, 4.69) is 11.8 Å². The van der Waals surface area contributed by atoms with Gasteiger partial charge in [0.1, 0.15) is 5.82 Å². The fourth-order valence-electron chi connectivity index (χ4n) is 1.71. The van der Waals surface area contributed by atoms with Gasteiger partial charge in [0.25, 0.3) is 5.91 Å². The molecule has 0 fully saturated rings. The average molecular weight is 291 g/mol. The van der Waals surface area contributed by atoms with Crippen LogP contribution in [0.25, 0.3) is 0 Å². The second-order valence-corrected chi connectivity index (χ2v) is 5.50. The van der Waals surface area contributed by atoms with Crippen molar-refractivity contribution in [1.82, 2.24) is 4.90 Å². The third kappa shape index (κ3) is 4.30. The number of hydrogen-bond donors (Lipinski definition) is 1. The molecular formula is C17H22FNO2. The molecule has 0 saturated carbocycles. The number of hydrogen-bond acceptors (Lipinski definition) is 2. The molecule has 0 aromatic heterocycles. The number of halogens is 1. The van der Waals surface area contributed by atoms with E-state index in [1.54, 1.807) is 11.9 Å². The minimum atomic E-state index is -0.433. The standard InChI is InChI=1S/C17H22FNO2/c1-5-17(2,3)19(4)16(21)15-10-9-14(18)12-13(15)8-6-7-11-20/h9-10,12,20H,5,7,11H2,1-4H3. The topological polar surface area (TPSA) is 40.5 Å². The van der Waals surface area contributed by atoms with Crippen LogP contribution in [-0.2, 0) is 0 Å². The molecular weight excluding hydrogens is 269 g/mol. The van der Waals surface area contributed by atoms with Crippen LogP contribution in [0.15, 0.2) is 18.2 Å². The molecule has 0 bridgehead atoms. The highest BCUT2D eigenvalue weighted by Gasteiger charge is 2.27. The Morgan fingerprint density at radius 2 is 2.10 bits per heavy atom. The first-order valence-electron chi connectivity index (χ1n) is 7.01. The van der Waals surface area contributed by atoms with E-state index < -0.39 is 5.82 Å². The van der Waals surface area contributed by atoms with Crippen molar-refractivity contribution in [2.24, 2.45) is 0 Å². The highest BCUT2D eigenvalue weighted by atomic mass is 19.1. The minimum absolute atomic E-state index is 0.0611. The van der Waals surface area contributed by atoms with Crippen LogP contribution in [0.5, 0.6) is 0 Å². The van der Waals surface area contributed by atoms with Crippen molar-refractivity contribution in [3.8, 4) is 11.8 Å². The Bertz CT molecular complexity index is 570. The molecule has 1 N–H and O–H groups in total. The first kappa shape index (κ1) is 17.2. The van der Waals surface area contributed by atoms with Crippen molar-refractivity contribution in [2.75, 3.05) is 13.7 Å². The van der Waals surface area contributed by atoms with Crippen LogP contribution in [0.3, 0.4) is 0 Å². The van der Waals surface area contributed by atoms with E-state index in [9.17, 15) is 9.18 Å². The lowest BCUT2D eigenvalue weighted by molar-refractivity contribution is 0.0620. The zero-order valence-electron chi connectivity index (χ0n) is 13.0. The minimum Gasteiger partial charge on any atom is -0.395 e. The summed E-state index contributed by atoms with van der Waals surface area (Å²) in [5.41, 5.74) is 0.444. The monoisotopic (exact) mass is 291 g/mol. The van der Waals surface area contributed by atoms with Gasteiger partial charge < -0.3 is 10.0 Å². The SMILES string of the molecule is CCC(C)(C)N(C)C(=O)c1ccc(F)cc1C#CCCO. The molecule has 3 nitrogen and oxygen atoms in total. The van der Waals surface area contributed by atoms with Crippen molar-refractivity contribution in [3.05, 3.63) is 35.1 Å².